The first-order chi connectivity index (χ1) is 11.9. The van der Waals surface area contributed by atoms with Gasteiger partial charge in [0.15, 0.2) is 0 Å². The first-order valence-corrected chi connectivity index (χ1v) is 9.94. The van der Waals surface area contributed by atoms with Crippen molar-refractivity contribution < 1.29 is 8.42 Å². The molecule has 0 aliphatic carbocycles. The summed E-state index contributed by atoms with van der Waals surface area (Å²) in [5, 5.41) is 6.29. The van der Waals surface area contributed by atoms with Crippen molar-refractivity contribution in [3.05, 3.63) is 41.6 Å². The normalized spacial score (nSPS) is 11.3. The maximum absolute atomic E-state index is 11.6. The number of hydrogen-bond donors (Lipinski definition) is 3. The Morgan fingerprint density at radius 1 is 1.04 bits per heavy atom. The Labute approximate surface area is 149 Å². The van der Waals surface area contributed by atoms with Crippen LogP contribution in [0.3, 0.4) is 0 Å². The number of nitrogens with zero attached hydrogens (tertiary/aromatic N) is 2. The zero-order valence-electron chi connectivity index (χ0n) is 14.8. The Bertz CT molecular complexity index is 791. The molecule has 7 nitrogen and oxygen atoms in total. The summed E-state index contributed by atoms with van der Waals surface area (Å²) in [5.41, 5.74) is 2.96. The quantitative estimate of drug-likeness (QED) is 0.593. The monoisotopic (exact) mass is 363 g/mol. The molecule has 0 bridgehead atoms. The fourth-order valence-electron chi connectivity index (χ4n) is 2.22. The Morgan fingerprint density at radius 2 is 1.76 bits per heavy atom. The number of hydrogen-bond acceptors (Lipinski definition) is 6. The van der Waals surface area contributed by atoms with Crippen molar-refractivity contribution in [2.24, 2.45) is 0 Å². The number of benzene rings is 1. The highest BCUT2D eigenvalue weighted by molar-refractivity contribution is 7.89. The molecule has 0 unspecified atom stereocenters. The lowest BCUT2D eigenvalue weighted by Gasteiger charge is -2.11. The van der Waals surface area contributed by atoms with Crippen molar-refractivity contribution in [1.82, 2.24) is 14.7 Å². The zero-order chi connectivity index (χ0) is 18.3. The molecule has 8 heteroatoms. The van der Waals surface area contributed by atoms with Crippen LogP contribution in [0.2, 0.25) is 0 Å². The highest BCUT2D eigenvalue weighted by Gasteiger charge is 2.07. The van der Waals surface area contributed by atoms with E-state index in [1.165, 1.54) is 5.56 Å². The summed E-state index contributed by atoms with van der Waals surface area (Å²) >= 11 is 0. The van der Waals surface area contributed by atoms with Gasteiger partial charge >= 0.3 is 0 Å². The molecule has 0 aliphatic rings. The van der Waals surface area contributed by atoms with Gasteiger partial charge in [0.2, 0.25) is 16.0 Å². The van der Waals surface area contributed by atoms with Gasteiger partial charge in [0.1, 0.15) is 5.82 Å². The lowest BCUT2D eigenvalue weighted by molar-refractivity contribution is 0.581. The van der Waals surface area contributed by atoms with Crippen LogP contribution >= 0.6 is 0 Å². The molecule has 0 amide bonds. The molecular weight excluding hydrogens is 338 g/mol. The second-order valence-electron chi connectivity index (χ2n) is 5.85. The molecule has 1 aromatic heterocycles. The van der Waals surface area contributed by atoms with Crippen molar-refractivity contribution >= 4 is 27.5 Å². The van der Waals surface area contributed by atoms with Crippen LogP contribution < -0.4 is 15.4 Å². The van der Waals surface area contributed by atoms with Crippen LogP contribution in [-0.4, -0.2) is 37.2 Å². The molecule has 2 rings (SSSR count). The van der Waals surface area contributed by atoms with E-state index in [4.69, 9.17) is 0 Å². The number of aromatic nitrogens is 2. The van der Waals surface area contributed by atoms with Crippen LogP contribution in [0.5, 0.6) is 0 Å². The number of anilines is 3. The van der Waals surface area contributed by atoms with E-state index in [-0.39, 0.29) is 5.75 Å². The van der Waals surface area contributed by atoms with E-state index < -0.39 is 10.0 Å². The van der Waals surface area contributed by atoms with Crippen molar-refractivity contribution in [2.75, 3.05) is 29.5 Å². The largest absolute Gasteiger partial charge is 0.353 e. The van der Waals surface area contributed by atoms with E-state index in [9.17, 15) is 8.42 Å². The second-order valence-corrected chi connectivity index (χ2v) is 7.78. The van der Waals surface area contributed by atoms with Gasteiger partial charge in [0, 0.05) is 30.5 Å². The molecule has 1 heterocycles. The third-order valence-electron chi connectivity index (χ3n) is 3.38. The highest BCUT2D eigenvalue weighted by atomic mass is 32.2. The summed E-state index contributed by atoms with van der Waals surface area (Å²) in [6.45, 7) is 6.46. The van der Waals surface area contributed by atoms with Crippen molar-refractivity contribution in [2.45, 2.75) is 27.2 Å². The fourth-order valence-corrected chi connectivity index (χ4v) is 3.31. The topological polar surface area (TPSA) is 96.0 Å². The molecule has 1 aromatic carbocycles. The van der Waals surface area contributed by atoms with E-state index >= 15 is 0 Å². The molecule has 0 aliphatic heterocycles. The maximum Gasteiger partial charge on any atom is 0.224 e. The summed E-state index contributed by atoms with van der Waals surface area (Å²) in [5.74, 6) is 1.29. The van der Waals surface area contributed by atoms with Gasteiger partial charge in [-0.05, 0) is 32.4 Å². The average molecular weight is 363 g/mol. The van der Waals surface area contributed by atoms with Crippen molar-refractivity contribution in [3.63, 3.8) is 0 Å². The smallest absolute Gasteiger partial charge is 0.224 e. The Kier molecular flexibility index (Phi) is 6.72. The van der Waals surface area contributed by atoms with Crippen LogP contribution in [0, 0.1) is 13.8 Å². The van der Waals surface area contributed by atoms with Crippen LogP contribution in [-0.2, 0) is 10.0 Å². The maximum atomic E-state index is 11.6. The zero-order valence-corrected chi connectivity index (χ0v) is 15.7. The van der Waals surface area contributed by atoms with E-state index in [0.29, 0.717) is 31.3 Å². The number of aryl methyl sites for hydroxylation is 2. The fraction of sp³-hybridized carbons (Fsp3) is 0.412. The molecule has 0 fully saturated rings. The molecule has 136 valence electrons. The molecule has 0 saturated heterocycles. The second kappa shape index (κ2) is 8.77. The third kappa shape index (κ3) is 6.67. The molecule has 25 heavy (non-hydrogen) atoms. The van der Waals surface area contributed by atoms with Crippen LogP contribution in [0.25, 0.3) is 0 Å². The third-order valence-corrected chi connectivity index (χ3v) is 4.97. The summed E-state index contributed by atoms with van der Waals surface area (Å²) in [6.07, 6.45) is 0.595. The predicted molar refractivity (Wildman–Crippen MR) is 102 cm³/mol. The molecule has 0 spiro atoms. The van der Waals surface area contributed by atoms with Crippen LogP contribution in [0.15, 0.2) is 30.3 Å². The standard InChI is InChI=1S/C17H25N5O2S/c1-4-11-25(23,24)19-10-9-18-17-20-14(3)12-16(22-17)21-15-7-5-13(2)6-8-15/h5-8,12,19H,4,9-11H2,1-3H3,(H2,18,20,21,22). The SMILES string of the molecule is CCCS(=O)(=O)NCCNc1nc(C)cc(Nc2ccc(C)cc2)n1. The van der Waals surface area contributed by atoms with Crippen molar-refractivity contribution in [1.29, 1.82) is 0 Å². The number of sulfonamides is 1. The molecule has 0 radical (unpaired) electrons. The van der Waals surface area contributed by atoms with Gasteiger partial charge in [-0.3, -0.25) is 0 Å². The van der Waals surface area contributed by atoms with Gasteiger partial charge in [-0.1, -0.05) is 24.6 Å². The summed E-state index contributed by atoms with van der Waals surface area (Å²) in [6, 6.07) is 9.88. The predicted octanol–water partition coefficient (Wildman–Crippen LogP) is 2.58. The van der Waals surface area contributed by atoms with E-state index in [2.05, 4.69) is 25.3 Å². The Balaban J connectivity index is 1.93. The lowest BCUT2D eigenvalue weighted by Crippen LogP contribution is -2.31. The minimum absolute atomic E-state index is 0.137. The molecule has 0 atom stereocenters. The Hall–Kier alpha value is -2.19. The first-order valence-electron chi connectivity index (χ1n) is 8.28. The minimum Gasteiger partial charge on any atom is -0.353 e. The molecule has 2 aromatic rings. The van der Waals surface area contributed by atoms with Gasteiger partial charge in [-0.15, -0.1) is 0 Å². The molecule has 3 N–H and O–H groups in total. The first kappa shape index (κ1) is 19.1. The van der Waals surface area contributed by atoms with Gasteiger partial charge < -0.3 is 10.6 Å². The average Bonchev–Trinajstić information content (AvgIpc) is 2.53. The van der Waals surface area contributed by atoms with Gasteiger partial charge in [0.05, 0.1) is 5.75 Å². The van der Waals surface area contributed by atoms with E-state index in [1.54, 1.807) is 0 Å². The van der Waals surface area contributed by atoms with Crippen LogP contribution in [0.4, 0.5) is 17.5 Å². The number of rotatable bonds is 9. The van der Waals surface area contributed by atoms with E-state index in [1.807, 2.05) is 51.1 Å². The van der Waals surface area contributed by atoms with Gasteiger partial charge in [-0.2, -0.15) is 4.98 Å². The molecule has 0 saturated carbocycles. The summed E-state index contributed by atoms with van der Waals surface area (Å²) in [7, 11) is -3.19. The highest BCUT2D eigenvalue weighted by Crippen LogP contribution is 2.17. The Morgan fingerprint density at radius 3 is 2.44 bits per heavy atom. The summed E-state index contributed by atoms with van der Waals surface area (Å²) < 4.78 is 25.7. The molecular formula is C17H25N5O2S. The summed E-state index contributed by atoms with van der Waals surface area (Å²) in [4.78, 5) is 8.73. The number of nitrogens with one attached hydrogen (secondary N) is 3. The minimum atomic E-state index is -3.19. The van der Waals surface area contributed by atoms with Crippen molar-refractivity contribution in [3.8, 4) is 0 Å². The van der Waals surface area contributed by atoms with Gasteiger partial charge in [-0.25, -0.2) is 18.1 Å². The van der Waals surface area contributed by atoms with E-state index in [0.717, 1.165) is 11.4 Å². The van der Waals surface area contributed by atoms with Gasteiger partial charge in [0.25, 0.3) is 0 Å². The lowest BCUT2D eigenvalue weighted by atomic mass is 10.2. The van der Waals surface area contributed by atoms with Crippen LogP contribution in [0.1, 0.15) is 24.6 Å².